The predicted octanol–water partition coefficient (Wildman–Crippen LogP) is 0.412. The molecule has 0 aliphatic carbocycles. The smallest absolute Gasteiger partial charge is 0.216 e. The molecule has 0 unspecified atom stereocenters. The second kappa shape index (κ2) is 8.00. The summed E-state index contributed by atoms with van der Waals surface area (Å²) in [6.07, 6.45) is 0.687. The van der Waals surface area contributed by atoms with Crippen molar-refractivity contribution in [2.75, 3.05) is 32.1 Å². The van der Waals surface area contributed by atoms with Crippen molar-refractivity contribution in [3.8, 4) is 0 Å². The van der Waals surface area contributed by atoms with Crippen LogP contribution in [0.2, 0.25) is 0 Å². The van der Waals surface area contributed by atoms with Gasteiger partial charge in [0.15, 0.2) is 0 Å². The fourth-order valence-corrected chi connectivity index (χ4v) is 3.00. The van der Waals surface area contributed by atoms with Crippen LogP contribution in [0.15, 0.2) is 0 Å². The molecule has 0 aromatic carbocycles. The highest BCUT2D eigenvalue weighted by molar-refractivity contribution is 7.89. The third kappa shape index (κ3) is 5.79. The Morgan fingerprint density at radius 1 is 1.38 bits per heavy atom. The van der Waals surface area contributed by atoms with E-state index in [1.165, 1.54) is 4.31 Å². The zero-order chi connectivity index (χ0) is 12.6. The zero-order valence-electron chi connectivity index (χ0n) is 10.5. The first-order valence-electron chi connectivity index (χ1n) is 5.73. The van der Waals surface area contributed by atoms with Crippen LogP contribution < -0.4 is 5.73 Å². The van der Waals surface area contributed by atoms with Gasteiger partial charge in [-0.2, -0.15) is 4.31 Å². The van der Waals surface area contributed by atoms with Crippen LogP contribution in [0, 0.1) is 0 Å². The monoisotopic (exact) mass is 252 g/mol. The summed E-state index contributed by atoms with van der Waals surface area (Å²) in [5, 5.41) is 0. The lowest BCUT2D eigenvalue weighted by molar-refractivity contribution is 0.162. The highest BCUT2D eigenvalue weighted by Gasteiger charge is 2.23. The maximum atomic E-state index is 12.0. The van der Waals surface area contributed by atoms with Gasteiger partial charge in [0.05, 0.1) is 12.4 Å². The molecule has 5 nitrogen and oxygen atoms in total. The van der Waals surface area contributed by atoms with Crippen molar-refractivity contribution in [1.82, 2.24) is 4.31 Å². The highest BCUT2D eigenvalue weighted by Crippen LogP contribution is 2.08. The number of ether oxygens (including phenoxy) is 1. The van der Waals surface area contributed by atoms with Crippen molar-refractivity contribution >= 4 is 10.0 Å². The summed E-state index contributed by atoms with van der Waals surface area (Å²) in [7, 11) is -3.21. The summed E-state index contributed by atoms with van der Waals surface area (Å²) < 4.78 is 30.5. The minimum atomic E-state index is -3.21. The molecule has 0 saturated heterocycles. The molecule has 0 aliphatic heterocycles. The van der Waals surface area contributed by atoms with Gasteiger partial charge in [0, 0.05) is 19.2 Å². The molecule has 0 spiro atoms. The van der Waals surface area contributed by atoms with Crippen LogP contribution in [0.4, 0.5) is 0 Å². The average molecular weight is 252 g/mol. The molecule has 0 saturated carbocycles. The number of nitrogens with zero attached hydrogens (tertiary/aromatic N) is 1. The van der Waals surface area contributed by atoms with Crippen LogP contribution in [-0.2, 0) is 14.8 Å². The Morgan fingerprint density at radius 3 is 2.44 bits per heavy atom. The van der Waals surface area contributed by atoms with Crippen molar-refractivity contribution in [3.63, 3.8) is 0 Å². The van der Waals surface area contributed by atoms with E-state index < -0.39 is 10.0 Å². The minimum absolute atomic E-state index is 0.0295. The molecule has 0 rings (SSSR count). The van der Waals surface area contributed by atoms with E-state index in [2.05, 4.69) is 0 Å². The van der Waals surface area contributed by atoms with Crippen molar-refractivity contribution in [1.29, 1.82) is 0 Å². The number of hydrogen-bond acceptors (Lipinski definition) is 4. The lowest BCUT2D eigenvalue weighted by Gasteiger charge is -2.25. The summed E-state index contributed by atoms with van der Waals surface area (Å²) in [5.41, 5.74) is 5.40. The first kappa shape index (κ1) is 15.8. The zero-order valence-corrected chi connectivity index (χ0v) is 11.3. The average Bonchev–Trinajstić information content (AvgIpc) is 2.17. The van der Waals surface area contributed by atoms with Gasteiger partial charge in [0.2, 0.25) is 10.0 Å². The Hall–Kier alpha value is -0.170. The second-order valence-electron chi connectivity index (χ2n) is 3.86. The first-order chi connectivity index (χ1) is 7.45. The van der Waals surface area contributed by atoms with Crippen molar-refractivity contribution < 1.29 is 13.2 Å². The molecule has 0 bridgehead atoms. The Kier molecular flexibility index (Phi) is 7.91. The topological polar surface area (TPSA) is 72.6 Å². The second-order valence-corrected chi connectivity index (χ2v) is 5.90. The molecule has 0 radical (unpaired) electrons. The summed E-state index contributed by atoms with van der Waals surface area (Å²) >= 11 is 0. The van der Waals surface area contributed by atoms with Crippen molar-refractivity contribution in [3.05, 3.63) is 0 Å². The van der Waals surface area contributed by atoms with E-state index in [0.717, 1.165) is 0 Å². The fraction of sp³-hybridized carbons (Fsp3) is 1.00. The highest BCUT2D eigenvalue weighted by atomic mass is 32.2. The van der Waals surface area contributed by atoms with Gasteiger partial charge >= 0.3 is 0 Å². The van der Waals surface area contributed by atoms with Crippen LogP contribution in [0.1, 0.15) is 27.2 Å². The first-order valence-corrected chi connectivity index (χ1v) is 7.34. The normalized spacial score (nSPS) is 12.6. The quantitative estimate of drug-likeness (QED) is 0.603. The van der Waals surface area contributed by atoms with Gasteiger partial charge in [-0.05, 0) is 33.7 Å². The molecule has 0 aromatic heterocycles. The van der Waals surface area contributed by atoms with Gasteiger partial charge < -0.3 is 10.5 Å². The minimum Gasteiger partial charge on any atom is -0.381 e. The molecular formula is C10H24N2O3S. The fourth-order valence-electron chi connectivity index (χ4n) is 1.39. The molecule has 0 fully saturated rings. The Balaban J connectivity index is 4.38. The van der Waals surface area contributed by atoms with E-state index in [1.54, 1.807) is 0 Å². The molecule has 0 amide bonds. The Labute approximate surface area is 99.0 Å². The molecule has 0 aromatic rings. The molecule has 2 N–H and O–H groups in total. The lowest BCUT2D eigenvalue weighted by atomic mass is 10.3. The molecule has 6 heteroatoms. The summed E-state index contributed by atoms with van der Waals surface area (Å²) in [4.78, 5) is 0. The number of nitrogens with two attached hydrogens (primary N) is 1. The van der Waals surface area contributed by atoms with Crippen LogP contribution in [-0.4, -0.2) is 50.8 Å². The molecule has 16 heavy (non-hydrogen) atoms. The largest absolute Gasteiger partial charge is 0.381 e. The van der Waals surface area contributed by atoms with E-state index in [-0.39, 0.29) is 18.4 Å². The summed E-state index contributed by atoms with van der Waals surface area (Å²) in [5.74, 6) is 0.0452. The molecule has 0 heterocycles. The van der Waals surface area contributed by atoms with Crippen LogP contribution >= 0.6 is 0 Å². The Morgan fingerprint density at radius 2 is 2.00 bits per heavy atom. The van der Waals surface area contributed by atoms with Gasteiger partial charge in [0.25, 0.3) is 0 Å². The standard InChI is InChI=1S/C10H24N2O3S/c1-4-15-8-9-16(13,14)12(10(2)3)7-5-6-11/h10H,4-9,11H2,1-3H3. The van der Waals surface area contributed by atoms with Crippen LogP contribution in [0.25, 0.3) is 0 Å². The third-order valence-corrected chi connectivity index (χ3v) is 4.21. The molecule has 98 valence electrons. The van der Waals surface area contributed by atoms with Crippen molar-refractivity contribution in [2.24, 2.45) is 5.73 Å². The summed E-state index contributed by atoms with van der Waals surface area (Å²) in [6.45, 7) is 7.38. The third-order valence-electron chi connectivity index (χ3n) is 2.21. The van der Waals surface area contributed by atoms with E-state index >= 15 is 0 Å². The van der Waals surface area contributed by atoms with Gasteiger partial charge in [-0.15, -0.1) is 0 Å². The maximum Gasteiger partial charge on any atom is 0.216 e. The number of sulfonamides is 1. The van der Waals surface area contributed by atoms with E-state index in [9.17, 15) is 8.42 Å². The molecular weight excluding hydrogens is 228 g/mol. The van der Waals surface area contributed by atoms with E-state index in [4.69, 9.17) is 10.5 Å². The van der Waals surface area contributed by atoms with Crippen LogP contribution in [0.3, 0.4) is 0 Å². The SMILES string of the molecule is CCOCCS(=O)(=O)N(CCCN)C(C)C. The van der Waals surface area contributed by atoms with Crippen molar-refractivity contribution in [2.45, 2.75) is 33.2 Å². The number of hydrogen-bond donors (Lipinski definition) is 1. The lowest BCUT2D eigenvalue weighted by Crippen LogP contribution is -2.40. The van der Waals surface area contributed by atoms with Gasteiger partial charge in [0.1, 0.15) is 0 Å². The predicted molar refractivity (Wildman–Crippen MR) is 65.8 cm³/mol. The van der Waals surface area contributed by atoms with Gasteiger partial charge in [-0.25, -0.2) is 8.42 Å². The maximum absolute atomic E-state index is 12.0. The molecule has 0 atom stereocenters. The van der Waals surface area contributed by atoms with E-state index in [0.29, 0.717) is 26.1 Å². The summed E-state index contributed by atoms with van der Waals surface area (Å²) in [6, 6.07) is -0.0295. The van der Waals surface area contributed by atoms with E-state index in [1.807, 2.05) is 20.8 Å². The number of rotatable bonds is 9. The van der Waals surface area contributed by atoms with Gasteiger partial charge in [-0.3, -0.25) is 0 Å². The Bertz CT molecular complexity index is 265. The molecule has 0 aliphatic rings. The van der Waals surface area contributed by atoms with Crippen LogP contribution in [0.5, 0.6) is 0 Å². The van der Waals surface area contributed by atoms with Gasteiger partial charge in [-0.1, -0.05) is 0 Å².